The summed E-state index contributed by atoms with van der Waals surface area (Å²) in [5.41, 5.74) is 1.84. The summed E-state index contributed by atoms with van der Waals surface area (Å²) in [5.74, 6) is 0.319. The van der Waals surface area contributed by atoms with Crippen LogP contribution in [0.5, 0.6) is 5.75 Å². The minimum atomic E-state index is -0.689. The quantitative estimate of drug-likeness (QED) is 0.937. The van der Waals surface area contributed by atoms with E-state index in [1.54, 1.807) is 18.0 Å². The molecule has 124 valence electrons. The van der Waals surface area contributed by atoms with Crippen molar-refractivity contribution in [1.82, 2.24) is 5.32 Å². The molecule has 0 fully saturated rings. The van der Waals surface area contributed by atoms with Gasteiger partial charge in [-0.3, -0.25) is 9.59 Å². The van der Waals surface area contributed by atoms with E-state index in [-0.39, 0.29) is 18.4 Å². The minimum absolute atomic E-state index is 0.0106. The fourth-order valence-corrected chi connectivity index (χ4v) is 2.80. The van der Waals surface area contributed by atoms with Crippen LogP contribution in [0.1, 0.15) is 12.0 Å². The van der Waals surface area contributed by atoms with Crippen LogP contribution in [0, 0.1) is 0 Å². The lowest BCUT2D eigenvalue weighted by atomic mass is 10.1. The predicted molar refractivity (Wildman–Crippen MR) is 92.0 cm³/mol. The zero-order valence-corrected chi connectivity index (χ0v) is 13.6. The molecule has 1 atom stereocenters. The molecule has 2 aromatic carbocycles. The molecular weight excluding hydrogens is 304 g/mol. The van der Waals surface area contributed by atoms with E-state index in [4.69, 9.17) is 4.74 Å². The van der Waals surface area contributed by atoms with E-state index in [2.05, 4.69) is 5.32 Å². The summed E-state index contributed by atoms with van der Waals surface area (Å²) in [6.45, 7) is 0.226. The van der Waals surface area contributed by atoms with Gasteiger partial charge in [0.2, 0.25) is 5.91 Å². The molecule has 0 radical (unpaired) electrons. The molecular formula is C19H20N2O3. The Kier molecular flexibility index (Phi) is 4.79. The van der Waals surface area contributed by atoms with Gasteiger partial charge in [0.1, 0.15) is 5.75 Å². The van der Waals surface area contributed by atoms with Gasteiger partial charge in [0.25, 0.3) is 5.91 Å². The van der Waals surface area contributed by atoms with Gasteiger partial charge < -0.3 is 15.0 Å². The third kappa shape index (κ3) is 3.40. The lowest BCUT2D eigenvalue weighted by Gasteiger charge is -2.34. The molecule has 2 amide bonds. The SMILES string of the molecule is CNC(=O)[C@@H]1CN(C(=O)CCc2ccccc2)c2ccccc2O1. The third-order valence-corrected chi connectivity index (χ3v) is 4.08. The molecule has 0 saturated heterocycles. The molecule has 5 heteroatoms. The lowest BCUT2D eigenvalue weighted by Crippen LogP contribution is -2.50. The number of amides is 2. The standard InChI is InChI=1S/C19H20N2O3/c1-20-19(23)17-13-21(15-9-5-6-10-16(15)24-17)18(22)12-11-14-7-3-2-4-8-14/h2-10,17H,11-13H2,1H3,(H,20,23)/t17-/m0/s1. The average molecular weight is 324 g/mol. The number of ether oxygens (including phenoxy) is 1. The fraction of sp³-hybridized carbons (Fsp3) is 0.263. The van der Waals surface area contributed by atoms with Crippen molar-refractivity contribution in [1.29, 1.82) is 0 Å². The van der Waals surface area contributed by atoms with Crippen LogP contribution in [0.2, 0.25) is 0 Å². The Bertz CT molecular complexity index is 730. The third-order valence-electron chi connectivity index (χ3n) is 4.08. The summed E-state index contributed by atoms with van der Waals surface area (Å²) < 4.78 is 5.72. The summed E-state index contributed by atoms with van der Waals surface area (Å²) in [4.78, 5) is 26.3. The average Bonchev–Trinajstić information content (AvgIpc) is 2.65. The number of hydrogen-bond donors (Lipinski definition) is 1. The van der Waals surface area contributed by atoms with Gasteiger partial charge in [-0.15, -0.1) is 0 Å². The first-order chi connectivity index (χ1) is 11.7. The van der Waals surface area contributed by atoms with Crippen LogP contribution in [0.3, 0.4) is 0 Å². The molecule has 3 rings (SSSR count). The lowest BCUT2D eigenvalue weighted by molar-refractivity contribution is -0.127. The highest BCUT2D eigenvalue weighted by Crippen LogP contribution is 2.33. The Morgan fingerprint density at radius 3 is 2.58 bits per heavy atom. The van der Waals surface area contributed by atoms with Crippen molar-refractivity contribution in [3.8, 4) is 5.75 Å². The van der Waals surface area contributed by atoms with Crippen molar-refractivity contribution in [2.45, 2.75) is 18.9 Å². The van der Waals surface area contributed by atoms with E-state index in [1.165, 1.54) is 0 Å². The number of nitrogens with one attached hydrogen (secondary N) is 1. The van der Waals surface area contributed by atoms with Gasteiger partial charge in [-0.25, -0.2) is 0 Å². The molecule has 1 aliphatic rings. The normalized spacial score (nSPS) is 16.0. The predicted octanol–water partition coefficient (Wildman–Crippen LogP) is 2.16. The maximum Gasteiger partial charge on any atom is 0.262 e. The molecule has 2 aromatic rings. The van der Waals surface area contributed by atoms with Crippen molar-refractivity contribution in [3.63, 3.8) is 0 Å². The smallest absolute Gasteiger partial charge is 0.262 e. The number of anilines is 1. The largest absolute Gasteiger partial charge is 0.477 e. The maximum atomic E-state index is 12.7. The van der Waals surface area contributed by atoms with Gasteiger partial charge in [-0.05, 0) is 24.1 Å². The second kappa shape index (κ2) is 7.17. The molecule has 24 heavy (non-hydrogen) atoms. The highest BCUT2D eigenvalue weighted by molar-refractivity contribution is 5.97. The number of fused-ring (bicyclic) bond motifs is 1. The summed E-state index contributed by atoms with van der Waals surface area (Å²) in [6, 6.07) is 17.2. The molecule has 5 nitrogen and oxygen atoms in total. The van der Waals surface area contributed by atoms with Crippen molar-refractivity contribution in [2.75, 3.05) is 18.5 Å². The first kappa shape index (κ1) is 16.1. The monoisotopic (exact) mass is 324 g/mol. The first-order valence-electron chi connectivity index (χ1n) is 8.00. The van der Waals surface area contributed by atoms with Gasteiger partial charge in [-0.1, -0.05) is 42.5 Å². The Balaban J connectivity index is 1.77. The minimum Gasteiger partial charge on any atom is -0.477 e. The molecule has 0 aliphatic carbocycles. The number of nitrogens with zero attached hydrogens (tertiary/aromatic N) is 1. The molecule has 0 spiro atoms. The number of aryl methyl sites for hydroxylation is 1. The van der Waals surface area contributed by atoms with Crippen molar-refractivity contribution in [3.05, 3.63) is 60.2 Å². The molecule has 0 aromatic heterocycles. The number of likely N-dealkylation sites (N-methyl/N-ethyl adjacent to an activating group) is 1. The van der Waals surface area contributed by atoms with E-state index in [0.717, 1.165) is 11.3 Å². The second-order valence-electron chi connectivity index (χ2n) is 5.68. The Hall–Kier alpha value is -2.82. The molecule has 0 saturated carbocycles. The van der Waals surface area contributed by atoms with Crippen LogP contribution in [0.15, 0.2) is 54.6 Å². The summed E-state index contributed by atoms with van der Waals surface area (Å²) >= 11 is 0. The van der Waals surface area contributed by atoms with E-state index in [9.17, 15) is 9.59 Å². The highest BCUT2D eigenvalue weighted by atomic mass is 16.5. The number of hydrogen-bond acceptors (Lipinski definition) is 3. The first-order valence-corrected chi connectivity index (χ1v) is 8.00. The van der Waals surface area contributed by atoms with Crippen LogP contribution in [0.25, 0.3) is 0 Å². The van der Waals surface area contributed by atoms with Crippen molar-refractivity contribution < 1.29 is 14.3 Å². The zero-order valence-electron chi connectivity index (χ0n) is 13.6. The van der Waals surface area contributed by atoms with Crippen molar-refractivity contribution in [2.24, 2.45) is 0 Å². The maximum absolute atomic E-state index is 12.7. The van der Waals surface area contributed by atoms with Gasteiger partial charge in [0.05, 0.1) is 12.2 Å². The van der Waals surface area contributed by atoms with Gasteiger partial charge >= 0.3 is 0 Å². The Morgan fingerprint density at radius 2 is 1.83 bits per heavy atom. The van der Waals surface area contributed by atoms with Gasteiger partial charge in [0, 0.05) is 13.5 Å². The van der Waals surface area contributed by atoms with E-state index in [1.807, 2.05) is 48.5 Å². The summed E-state index contributed by atoms with van der Waals surface area (Å²) in [6.07, 6.45) is 0.369. The number of rotatable bonds is 4. The summed E-state index contributed by atoms with van der Waals surface area (Å²) in [5, 5.41) is 2.58. The number of para-hydroxylation sites is 2. The number of carbonyl (C=O) groups is 2. The highest BCUT2D eigenvalue weighted by Gasteiger charge is 2.32. The fourth-order valence-electron chi connectivity index (χ4n) is 2.80. The van der Waals surface area contributed by atoms with Crippen LogP contribution in [0.4, 0.5) is 5.69 Å². The number of carbonyl (C=O) groups excluding carboxylic acids is 2. The van der Waals surface area contributed by atoms with E-state index >= 15 is 0 Å². The van der Waals surface area contributed by atoms with Crippen LogP contribution in [-0.4, -0.2) is 31.5 Å². The number of benzene rings is 2. The molecule has 0 bridgehead atoms. The van der Waals surface area contributed by atoms with E-state index < -0.39 is 6.10 Å². The Morgan fingerprint density at radius 1 is 1.12 bits per heavy atom. The van der Waals surface area contributed by atoms with Crippen LogP contribution in [-0.2, 0) is 16.0 Å². The molecule has 1 aliphatic heterocycles. The topological polar surface area (TPSA) is 58.6 Å². The molecule has 1 heterocycles. The molecule has 1 N–H and O–H groups in total. The molecule has 0 unspecified atom stereocenters. The van der Waals surface area contributed by atoms with Gasteiger partial charge in [-0.2, -0.15) is 0 Å². The van der Waals surface area contributed by atoms with Crippen LogP contribution < -0.4 is 15.0 Å². The zero-order chi connectivity index (χ0) is 16.9. The van der Waals surface area contributed by atoms with Crippen LogP contribution >= 0.6 is 0 Å². The Labute approximate surface area is 141 Å². The van der Waals surface area contributed by atoms with Gasteiger partial charge in [0.15, 0.2) is 6.10 Å². The second-order valence-corrected chi connectivity index (χ2v) is 5.68. The van der Waals surface area contributed by atoms with Crippen molar-refractivity contribution >= 4 is 17.5 Å². The van der Waals surface area contributed by atoms with E-state index in [0.29, 0.717) is 18.6 Å². The summed E-state index contributed by atoms with van der Waals surface area (Å²) in [7, 11) is 1.56.